The SMILES string of the molecule is CS(=O)(=O)NC1(CF)CC1.Cc1ccc2ncc(C)n2c1.FC(F)C1=NNC#CS1. The Hall–Kier alpha value is -2.23. The van der Waals surface area contributed by atoms with Crippen molar-refractivity contribution in [3.8, 4) is 11.3 Å². The average Bonchev–Trinajstić information content (AvgIpc) is 3.37. The molecule has 0 bridgehead atoms. The lowest BCUT2D eigenvalue weighted by Gasteiger charge is -2.09. The number of aromatic nitrogens is 2. The van der Waals surface area contributed by atoms with Gasteiger partial charge in [0.2, 0.25) is 10.0 Å². The van der Waals surface area contributed by atoms with Crippen molar-refractivity contribution in [1.82, 2.24) is 19.5 Å². The van der Waals surface area contributed by atoms with Crippen LogP contribution in [0.4, 0.5) is 13.2 Å². The first-order chi connectivity index (χ1) is 14.1. The number of sulfonamides is 1. The van der Waals surface area contributed by atoms with Crippen molar-refractivity contribution < 1.29 is 21.6 Å². The molecule has 2 aromatic heterocycles. The van der Waals surface area contributed by atoms with Crippen molar-refractivity contribution in [1.29, 1.82) is 0 Å². The molecule has 0 unspecified atom stereocenters. The number of hydrogen-bond donors (Lipinski definition) is 2. The van der Waals surface area contributed by atoms with Crippen LogP contribution in [0.25, 0.3) is 5.65 Å². The first-order valence-electron chi connectivity index (χ1n) is 8.78. The maximum atomic E-state index is 12.0. The maximum Gasteiger partial charge on any atom is 0.288 e. The highest BCUT2D eigenvalue weighted by atomic mass is 32.2. The minimum atomic E-state index is -3.22. The summed E-state index contributed by atoms with van der Waals surface area (Å²) < 4.78 is 60.8. The van der Waals surface area contributed by atoms with E-state index < -0.39 is 28.7 Å². The van der Waals surface area contributed by atoms with Gasteiger partial charge < -0.3 is 4.40 Å². The van der Waals surface area contributed by atoms with Gasteiger partial charge in [-0.3, -0.25) is 0 Å². The number of aryl methyl sites for hydroxylation is 2. The summed E-state index contributed by atoms with van der Waals surface area (Å²) in [6, 6.07) is 6.41. The number of rotatable bonds is 4. The summed E-state index contributed by atoms with van der Waals surface area (Å²) in [5, 5.41) is 5.33. The molecule has 3 heterocycles. The van der Waals surface area contributed by atoms with Crippen molar-refractivity contribution in [2.24, 2.45) is 5.10 Å². The number of alkyl halides is 3. The maximum absolute atomic E-state index is 12.0. The van der Waals surface area contributed by atoms with Crippen LogP contribution in [-0.2, 0) is 10.0 Å². The van der Waals surface area contributed by atoms with Crippen LogP contribution < -0.4 is 10.1 Å². The molecule has 164 valence electrons. The molecule has 0 amide bonds. The number of hydrogen-bond acceptors (Lipinski definition) is 6. The number of imidazole rings is 1. The molecule has 2 N–H and O–H groups in total. The number of hydrazone groups is 1. The van der Waals surface area contributed by atoms with Crippen molar-refractivity contribution in [3.63, 3.8) is 0 Å². The summed E-state index contributed by atoms with van der Waals surface area (Å²) >= 11 is 0.748. The molecule has 1 aliphatic carbocycles. The molecule has 2 aromatic rings. The Kier molecular flexibility index (Phi) is 8.17. The highest BCUT2D eigenvalue weighted by Crippen LogP contribution is 2.36. The third-order valence-electron chi connectivity index (χ3n) is 3.97. The van der Waals surface area contributed by atoms with Gasteiger partial charge in [0.15, 0.2) is 5.04 Å². The van der Waals surface area contributed by atoms with Crippen molar-refractivity contribution in [2.45, 2.75) is 38.7 Å². The van der Waals surface area contributed by atoms with E-state index in [0.29, 0.717) is 12.8 Å². The second-order valence-electron chi connectivity index (χ2n) is 6.81. The summed E-state index contributed by atoms with van der Waals surface area (Å²) in [7, 11) is -3.22. The van der Waals surface area contributed by atoms with E-state index in [9.17, 15) is 21.6 Å². The monoisotopic (exact) mass is 461 g/mol. The van der Waals surface area contributed by atoms with Crippen molar-refractivity contribution in [3.05, 3.63) is 35.8 Å². The Morgan fingerprint density at radius 2 is 2.07 bits per heavy atom. The molecule has 7 nitrogen and oxygen atoms in total. The molecule has 1 fully saturated rings. The summed E-state index contributed by atoms with van der Waals surface area (Å²) in [6.45, 7) is 3.54. The lowest BCUT2D eigenvalue weighted by atomic mass is 10.3. The van der Waals surface area contributed by atoms with Crippen LogP contribution in [0.3, 0.4) is 0 Å². The van der Waals surface area contributed by atoms with Gasteiger partial charge in [-0.05, 0) is 55.3 Å². The van der Waals surface area contributed by atoms with Crippen LogP contribution in [0.5, 0.6) is 0 Å². The van der Waals surface area contributed by atoms with Gasteiger partial charge in [0.1, 0.15) is 12.3 Å². The Bertz CT molecular complexity index is 1070. The number of halogens is 3. The first-order valence-corrected chi connectivity index (χ1v) is 11.5. The third-order valence-corrected chi connectivity index (χ3v) is 5.45. The van der Waals surface area contributed by atoms with Crippen LogP contribution >= 0.6 is 11.8 Å². The molecule has 0 spiro atoms. The number of fused-ring (bicyclic) bond motifs is 1. The van der Waals surface area contributed by atoms with E-state index in [1.54, 1.807) is 0 Å². The van der Waals surface area contributed by atoms with Gasteiger partial charge in [0, 0.05) is 24.1 Å². The quantitative estimate of drug-likeness (QED) is 0.684. The molecule has 30 heavy (non-hydrogen) atoms. The topological polar surface area (TPSA) is 87.9 Å². The summed E-state index contributed by atoms with van der Waals surface area (Å²) in [4.78, 5) is 4.22. The standard InChI is InChI=1S/C9H10N2.C5H10FNO2S.C4H2F2N2S/c1-7-3-4-9-10-5-8(2)11(9)6-7;1-10(8,9)7-5(4-6)2-3-5;5-3(6)4-8-7-1-2-9-4/h3-6H,1-2H3;7H,2-4H2,1H3;3,7H. The first kappa shape index (κ1) is 24.0. The fourth-order valence-electron chi connectivity index (χ4n) is 2.32. The van der Waals surface area contributed by atoms with E-state index in [1.165, 1.54) is 11.3 Å². The van der Waals surface area contributed by atoms with Gasteiger partial charge in [0.05, 0.1) is 11.8 Å². The zero-order valence-corrected chi connectivity index (χ0v) is 18.2. The molecule has 4 rings (SSSR count). The molecule has 1 saturated carbocycles. The number of nitrogens with zero attached hydrogens (tertiary/aromatic N) is 3. The molecule has 0 atom stereocenters. The van der Waals surface area contributed by atoms with Crippen molar-refractivity contribution >= 4 is 32.5 Å². The minimum absolute atomic E-state index is 0.270. The fraction of sp³-hybridized carbons (Fsp3) is 0.444. The normalized spacial score (nSPS) is 16.2. The minimum Gasteiger partial charge on any atom is -0.304 e. The van der Waals surface area contributed by atoms with Gasteiger partial charge in [-0.2, -0.15) is 5.10 Å². The average molecular weight is 462 g/mol. The predicted molar refractivity (Wildman–Crippen MR) is 113 cm³/mol. The van der Waals surface area contributed by atoms with Crippen LogP contribution in [0.15, 0.2) is 29.6 Å². The van der Waals surface area contributed by atoms with Crippen LogP contribution in [0, 0.1) is 25.1 Å². The van der Waals surface area contributed by atoms with E-state index >= 15 is 0 Å². The number of nitrogens with one attached hydrogen (secondary N) is 2. The molecule has 0 radical (unpaired) electrons. The Labute approximate surface area is 177 Å². The highest BCUT2D eigenvalue weighted by molar-refractivity contribution is 8.18. The fourth-order valence-corrected chi connectivity index (χ4v) is 3.74. The molecular formula is C18H22F3N5O2S2. The number of pyridine rings is 1. The van der Waals surface area contributed by atoms with Gasteiger partial charge in [0.25, 0.3) is 6.43 Å². The summed E-state index contributed by atoms with van der Waals surface area (Å²) in [6.07, 6.45) is 3.75. The van der Waals surface area contributed by atoms with Gasteiger partial charge in [-0.15, -0.1) is 0 Å². The molecule has 12 heteroatoms. The van der Waals surface area contributed by atoms with E-state index in [4.69, 9.17) is 0 Å². The summed E-state index contributed by atoms with van der Waals surface area (Å²) in [5.41, 5.74) is 4.88. The predicted octanol–water partition coefficient (Wildman–Crippen LogP) is 2.81. The van der Waals surface area contributed by atoms with E-state index in [2.05, 4.69) is 62.0 Å². The van der Waals surface area contributed by atoms with Crippen LogP contribution in [0.2, 0.25) is 0 Å². The van der Waals surface area contributed by atoms with Crippen LogP contribution in [0.1, 0.15) is 24.1 Å². The van der Waals surface area contributed by atoms with Gasteiger partial charge >= 0.3 is 0 Å². The van der Waals surface area contributed by atoms with Crippen molar-refractivity contribution in [2.75, 3.05) is 12.9 Å². The summed E-state index contributed by atoms with van der Waals surface area (Å²) in [5.74, 6) is 0. The molecule has 0 saturated heterocycles. The zero-order valence-electron chi connectivity index (χ0n) is 16.6. The lowest BCUT2D eigenvalue weighted by Crippen LogP contribution is -2.37. The van der Waals surface area contributed by atoms with E-state index in [1.807, 2.05) is 12.3 Å². The Morgan fingerprint density at radius 1 is 1.37 bits per heavy atom. The highest BCUT2D eigenvalue weighted by Gasteiger charge is 2.45. The molecule has 1 aliphatic heterocycles. The van der Waals surface area contributed by atoms with Gasteiger partial charge in [-0.1, -0.05) is 6.07 Å². The molecule has 2 aliphatic rings. The van der Waals surface area contributed by atoms with Crippen LogP contribution in [-0.4, -0.2) is 47.7 Å². The Balaban J connectivity index is 0.000000161. The third kappa shape index (κ3) is 7.55. The molecule has 0 aromatic carbocycles. The van der Waals surface area contributed by atoms with E-state index in [0.717, 1.165) is 23.7 Å². The lowest BCUT2D eigenvalue weighted by molar-refractivity contribution is 0.229. The second-order valence-corrected chi connectivity index (χ2v) is 9.39. The number of thioether (sulfide) groups is 1. The largest absolute Gasteiger partial charge is 0.304 e. The van der Waals surface area contributed by atoms with E-state index in [-0.39, 0.29) is 5.04 Å². The molecular weight excluding hydrogens is 439 g/mol. The smallest absolute Gasteiger partial charge is 0.288 e. The zero-order chi connectivity index (χ0) is 22.4. The van der Waals surface area contributed by atoms with Gasteiger partial charge in [-0.25, -0.2) is 36.7 Å². The Morgan fingerprint density at radius 3 is 2.50 bits per heavy atom. The second kappa shape index (κ2) is 10.2.